The van der Waals surface area contributed by atoms with Crippen molar-refractivity contribution in [2.24, 2.45) is 11.8 Å². The zero-order valence-electron chi connectivity index (χ0n) is 23.6. The molecule has 3 unspecified atom stereocenters. The van der Waals surface area contributed by atoms with Crippen molar-refractivity contribution in [1.82, 2.24) is 4.90 Å². The van der Waals surface area contributed by atoms with Crippen LogP contribution in [0.2, 0.25) is 0 Å². The first-order chi connectivity index (χ1) is 16.0. The lowest BCUT2D eigenvalue weighted by Crippen LogP contribution is -2.61. The molecule has 0 radical (unpaired) electrons. The highest BCUT2D eigenvalue weighted by molar-refractivity contribution is 5.85. The van der Waals surface area contributed by atoms with E-state index in [-0.39, 0.29) is 0 Å². The summed E-state index contributed by atoms with van der Waals surface area (Å²) in [5.41, 5.74) is 1.38. The average molecular weight is 455 g/mol. The highest BCUT2D eigenvalue weighted by Gasteiger charge is 2.36. The fraction of sp³-hybridized carbons (Fsp3) is 0.677. The standard InChI is InChI=1S/C25H36N2.3C2H6/c1-18-9-11-22(12-10-18)21(4)26-15-16-27(20(3)19(26)2)25-14-13-23-7-5-6-8-24(23)17-25;3*1-2/h5-8,13-14,17-22H,9-12,15-16H2,1-4H3;3*1-2H3. The van der Waals surface area contributed by atoms with Crippen molar-refractivity contribution in [3.8, 4) is 0 Å². The summed E-state index contributed by atoms with van der Waals surface area (Å²) in [6, 6.07) is 17.5. The van der Waals surface area contributed by atoms with Crippen LogP contribution >= 0.6 is 0 Å². The molecule has 3 atom stereocenters. The molecule has 0 spiro atoms. The summed E-state index contributed by atoms with van der Waals surface area (Å²) in [5.74, 6) is 1.83. The lowest BCUT2D eigenvalue weighted by molar-refractivity contribution is 0.0608. The van der Waals surface area contributed by atoms with E-state index in [1.54, 1.807) is 0 Å². The fourth-order valence-electron chi connectivity index (χ4n) is 5.50. The van der Waals surface area contributed by atoms with E-state index in [2.05, 4.69) is 80.0 Å². The van der Waals surface area contributed by atoms with Gasteiger partial charge in [0, 0.05) is 36.9 Å². The second kappa shape index (κ2) is 15.4. The molecule has 1 saturated heterocycles. The molecule has 33 heavy (non-hydrogen) atoms. The van der Waals surface area contributed by atoms with Gasteiger partial charge in [-0.3, -0.25) is 4.90 Å². The van der Waals surface area contributed by atoms with E-state index >= 15 is 0 Å². The van der Waals surface area contributed by atoms with Crippen LogP contribution in [0, 0.1) is 11.8 Å². The van der Waals surface area contributed by atoms with Crippen molar-refractivity contribution in [3.05, 3.63) is 42.5 Å². The van der Waals surface area contributed by atoms with Crippen molar-refractivity contribution >= 4 is 16.5 Å². The molecule has 2 heteroatoms. The third kappa shape index (κ3) is 7.47. The predicted octanol–water partition coefficient (Wildman–Crippen LogP) is 9.03. The van der Waals surface area contributed by atoms with Gasteiger partial charge in [0.1, 0.15) is 0 Å². The molecule has 4 rings (SSSR count). The van der Waals surface area contributed by atoms with Gasteiger partial charge in [-0.15, -0.1) is 0 Å². The van der Waals surface area contributed by atoms with Gasteiger partial charge in [0.15, 0.2) is 0 Å². The van der Waals surface area contributed by atoms with Crippen molar-refractivity contribution < 1.29 is 0 Å². The molecule has 2 aliphatic rings. The lowest BCUT2D eigenvalue weighted by atomic mass is 9.78. The number of hydrogen-bond donors (Lipinski definition) is 0. The van der Waals surface area contributed by atoms with Crippen molar-refractivity contribution in [2.45, 2.75) is 113 Å². The van der Waals surface area contributed by atoms with Gasteiger partial charge in [0.25, 0.3) is 0 Å². The molecule has 2 aromatic carbocycles. The predicted molar refractivity (Wildman–Crippen MR) is 152 cm³/mol. The van der Waals surface area contributed by atoms with Gasteiger partial charge in [-0.1, -0.05) is 91.6 Å². The quantitative estimate of drug-likeness (QED) is 0.456. The van der Waals surface area contributed by atoms with Gasteiger partial charge in [-0.05, 0) is 68.4 Å². The van der Waals surface area contributed by atoms with Gasteiger partial charge in [-0.25, -0.2) is 0 Å². The third-order valence-corrected chi connectivity index (χ3v) is 7.64. The van der Waals surface area contributed by atoms with Crippen LogP contribution in [-0.4, -0.2) is 36.1 Å². The van der Waals surface area contributed by atoms with Gasteiger partial charge in [0.2, 0.25) is 0 Å². The number of nitrogens with zero attached hydrogens (tertiary/aromatic N) is 2. The van der Waals surface area contributed by atoms with Crippen molar-refractivity contribution in [1.29, 1.82) is 0 Å². The van der Waals surface area contributed by atoms with Gasteiger partial charge in [-0.2, -0.15) is 0 Å². The van der Waals surface area contributed by atoms with Gasteiger partial charge >= 0.3 is 0 Å². The first-order valence-electron chi connectivity index (χ1n) is 14.1. The molecule has 0 bridgehead atoms. The zero-order chi connectivity index (χ0) is 25.0. The van der Waals surface area contributed by atoms with Crippen LogP contribution in [0.3, 0.4) is 0 Å². The molecule has 2 nitrogen and oxygen atoms in total. The van der Waals surface area contributed by atoms with Crippen LogP contribution in [0.25, 0.3) is 10.8 Å². The zero-order valence-corrected chi connectivity index (χ0v) is 23.6. The lowest BCUT2D eigenvalue weighted by Gasteiger charge is -2.50. The number of hydrogen-bond acceptors (Lipinski definition) is 2. The fourth-order valence-corrected chi connectivity index (χ4v) is 5.50. The van der Waals surface area contributed by atoms with E-state index in [4.69, 9.17) is 0 Å². The second-order valence-electron chi connectivity index (χ2n) is 9.20. The maximum atomic E-state index is 2.81. The van der Waals surface area contributed by atoms with E-state index in [0.29, 0.717) is 18.1 Å². The molecule has 0 aromatic heterocycles. The maximum Gasteiger partial charge on any atom is 0.0415 e. The molecule has 1 saturated carbocycles. The highest BCUT2D eigenvalue weighted by atomic mass is 15.3. The number of fused-ring (bicyclic) bond motifs is 1. The normalized spacial score (nSPS) is 26.1. The molecular formula is C31H54N2. The van der Waals surface area contributed by atoms with Crippen molar-refractivity contribution in [2.75, 3.05) is 18.0 Å². The van der Waals surface area contributed by atoms with Crippen LogP contribution in [0.5, 0.6) is 0 Å². The van der Waals surface area contributed by atoms with Gasteiger partial charge < -0.3 is 4.90 Å². The summed E-state index contributed by atoms with van der Waals surface area (Å²) in [4.78, 5) is 5.44. The number of piperazine rings is 1. The third-order valence-electron chi connectivity index (χ3n) is 7.64. The van der Waals surface area contributed by atoms with Crippen LogP contribution < -0.4 is 4.90 Å². The Hall–Kier alpha value is -1.54. The Morgan fingerprint density at radius 2 is 1.27 bits per heavy atom. The highest BCUT2D eigenvalue weighted by Crippen LogP contribution is 2.35. The minimum atomic E-state index is 0.546. The summed E-state index contributed by atoms with van der Waals surface area (Å²) in [6.07, 6.45) is 5.70. The Balaban J connectivity index is 0.000000841. The van der Waals surface area contributed by atoms with E-state index in [1.807, 2.05) is 41.5 Å². The summed E-state index contributed by atoms with van der Waals surface area (Å²) in [6.45, 7) is 24.1. The second-order valence-corrected chi connectivity index (χ2v) is 9.20. The average Bonchev–Trinajstić information content (AvgIpc) is 2.89. The molecular weight excluding hydrogens is 400 g/mol. The molecule has 0 N–H and O–H groups in total. The number of rotatable bonds is 3. The Bertz CT molecular complexity index is 762. The summed E-state index contributed by atoms with van der Waals surface area (Å²) in [5, 5.41) is 2.68. The smallest absolute Gasteiger partial charge is 0.0415 e. The maximum absolute atomic E-state index is 2.81. The van der Waals surface area contributed by atoms with Crippen LogP contribution in [0.1, 0.15) is 94.9 Å². The Kier molecular flexibility index (Phi) is 13.7. The van der Waals surface area contributed by atoms with E-state index in [0.717, 1.165) is 18.4 Å². The molecule has 188 valence electrons. The topological polar surface area (TPSA) is 6.48 Å². The van der Waals surface area contributed by atoms with Crippen molar-refractivity contribution in [3.63, 3.8) is 0 Å². The number of benzene rings is 2. The molecule has 1 aliphatic carbocycles. The van der Waals surface area contributed by atoms with Gasteiger partial charge in [0.05, 0.1) is 0 Å². The monoisotopic (exact) mass is 454 g/mol. The molecule has 0 amide bonds. The van der Waals surface area contributed by atoms with E-state index in [9.17, 15) is 0 Å². The first-order valence-corrected chi connectivity index (χ1v) is 14.1. The minimum absolute atomic E-state index is 0.546. The van der Waals surface area contributed by atoms with Crippen LogP contribution in [-0.2, 0) is 0 Å². The summed E-state index contributed by atoms with van der Waals surface area (Å²) < 4.78 is 0. The summed E-state index contributed by atoms with van der Waals surface area (Å²) in [7, 11) is 0. The number of anilines is 1. The largest absolute Gasteiger partial charge is 0.366 e. The Morgan fingerprint density at radius 3 is 1.88 bits per heavy atom. The molecule has 1 aliphatic heterocycles. The first kappa shape index (κ1) is 29.5. The van der Waals surface area contributed by atoms with Crippen LogP contribution in [0.4, 0.5) is 5.69 Å². The van der Waals surface area contributed by atoms with E-state index in [1.165, 1.54) is 48.7 Å². The molecule has 2 fully saturated rings. The Labute approximate surface area is 206 Å². The minimum Gasteiger partial charge on any atom is -0.366 e. The molecule has 1 heterocycles. The molecule has 2 aromatic rings. The van der Waals surface area contributed by atoms with Crippen LogP contribution in [0.15, 0.2) is 42.5 Å². The van der Waals surface area contributed by atoms with E-state index < -0.39 is 0 Å². The SMILES string of the molecule is CC.CC.CC.CC1CCC(C(C)N2CCN(c3ccc4ccccc4c3)C(C)C2C)CC1. The Morgan fingerprint density at radius 1 is 0.697 bits per heavy atom. The summed E-state index contributed by atoms with van der Waals surface area (Å²) >= 11 is 0.